The van der Waals surface area contributed by atoms with Crippen molar-refractivity contribution in [1.29, 1.82) is 0 Å². The van der Waals surface area contributed by atoms with Gasteiger partial charge in [-0.1, -0.05) is 0 Å². The molecule has 0 unspecified atom stereocenters. The maximum absolute atomic E-state index is 2.33. The van der Waals surface area contributed by atoms with E-state index >= 15 is 0 Å². The third-order valence-electron chi connectivity index (χ3n) is 2.65. The summed E-state index contributed by atoms with van der Waals surface area (Å²) in [6.07, 6.45) is 8.78. The van der Waals surface area contributed by atoms with Gasteiger partial charge in [-0.25, -0.2) is 0 Å². The summed E-state index contributed by atoms with van der Waals surface area (Å²) in [6, 6.07) is 0. The molecule has 1 heteroatoms. The van der Waals surface area contributed by atoms with Gasteiger partial charge in [-0.15, -0.1) is 0 Å². The van der Waals surface area contributed by atoms with Crippen LogP contribution in [0.4, 0.5) is 0 Å². The molecule has 0 nitrogen and oxygen atoms in total. The van der Waals surface area contributed by atoms with Crippen molar-refractivity contribution in [2.45, 2.75) is 73.5 Å². The molecule has 0 fully saturated rings. The first-order valence-corrected chi connectivity index (χ1v) is 9.49. The van der Waals surface area contributed by atoms with E-state index in [-0.39, 0.29) is 0 Å². The molecule has 0 aliphatic carbocycles. The summed E-state index contributed by atoms with van der Waals surface area (Å²) >= 11 is -0.552. The molecule has 13 heavy (non-hydrogen) atoms. The average molecular weight is 219 g/mol. The van der Waals surface area contributed by atoms with Crippen molar-refractivity contribution >= 4 is 0 Å². The van der Waals surface area contributed by atoms with E-state index in [1.807, 2.05) is 0 Å². The van der Waals surface area contributed by atoms with Crippen LogP contribution in [-0.2, 0) is 17.9 Å². The molecule has 0 aromatic heterocycles. The van der Waals surface area contributed by atoms with E-state index in [0.717, 1.165) is 0 Å². The standard InChI is InChI=1S/3C4H9.Ti/c3*1-3-4-2;/h3*1,3-4H2,2H3;/q;;;+1. The Morgan fingerprint density at radius 3 is 1.15 bits per heavy atom. The van der Waals surface area contributed by atoms with Gasteiger partial charge >= 0.3 is 91.3 Å². The van der Waals surface area contributed by atoms with Crippen LogP contribution in [0.15, 0.2) is 0 Å². The Kier molecular flexibility index (Phi) is 11.4. The van der Waals surface area contributed by atoms with Crippen LogP contribution < -0.4 is 0 Å². The summed E-state index contributed by atoms with van der Waals surface area (Å²) in [4.78, 5) is 0. The Morgan fingerprint density at radius 1 is 0.615 bits per heavy atom. The molecule has 0 aromatic rings. The third kappa shape index (κ3) is 9.03. The zero-order valence-corrected chi connectivity index (χ0v) is 11.4. The molecule has 0 saturated carbocycles. The van der Waals surface area contributed by atoms with Gasteiger partial charge in [0.1, 0.15) is 0 Å². The predicted molar refractivity (Wildman–Crippen MR) is 59.1 cm³/mol. The minimum absolute atomic E-state index is 0.552. The van der Waals surface area contributed by atoms with Gasteiger partial charge in [0.2, 0.25) is 0 Å². The SMILES string of the molecule is CCC[CH2][Ti+]([CH2]CCC)[CH2]CCC. The van der Waals surface area contributed by atoms with Crippen molar-refractivity contribution in [2.75, 3.05) is 0 Å². The Hall–Kier alpha value is 0.714. The molecule has 0 atom stereocenters. The van der Waals surface area contributed by atoms with Crippen LogP contribution in [-0.4, -0.2) is 0 Å². The second-order valence-electron chi connectivity index (χ2n) is 4.06. The van der Waals surface area contributed by atoms with E-state index < -0.39 is 17.9 Å². The quantitative estimate of drug-likeness (QED) is 0.464. The van der Waals surface area contributed by atoms with Crippen LogP contribution in [0.5, 0.6) is 0 Å². The van der Waals surface area contributed by atoms with Gasteiger partial charge < -0.3 is 0 Å². The molecule has 0 aliphatic rings. The van der Waals surface area contributed by atoms with Crippen molar-refractivity contribution in [3.63, 3.8) is 0 Å². The summed E-state index contributed by atoms with van der Waals surface area (Å²) in [6.45, 7) is 6.99. The average Bonchev–Trinajstić information content (AvgIpc) is 2.17. The molecule has 0 heterocycles. The number of unbranched alkanes of at least 4 members (excludes halogenated alkanes) is 3. The van der Waals surface area contributed by atoms with Gasteiger partial charge in [0.25, 0.3) is 0 Å². The van der Waals surface area contributed by atoms with Gasteiger partial charge in [0, 0.05) is 0 Å². The van der Waals surface area contributed by atoms with Crippen LogP contribution in [0.1, 0.15) is 59.3 Å². The van der Waals surface area contributed by atoms with Crippen LogP contribution in [0.2, 0.25) is 14.2 Å². The van der Waals surface area contributed by atoms with Crippen molar-refractivity contribution < 1.29 is 17.9 Å². The molecule has 0 bridgehead atoms. The Labute approximate surface area is 91.3 Å². The Balaban J connectivity index is 3.47. The number of rotatable bonds is 9. The van der Waals surface area contributed by atoms with Gasteiger partial charge in [-0.05, 0) is 0 Å². The normalized spacial score (nSPS) is 10.4. The number of hydrogen-bond donors (Lipinski definition) is 0. The molecule has 0 amide bonds. The molecule has 0 N–H and O–H groups in total. The van der Waals surface area contributed by atoms with Crippen molar-refractivity contribution in [2.24, 2.45) is 0 Å². The molecular weight excluding hydrogens is 192 g/mol. The fourth-order valence-corrected chi connectivity index (χ4v) is 6.83. The van der Waals surface area contributed by atoms with Crippen LogP contribution in [0.25, 0.3) is 0 Å². The first kappa shape index (κ1) is 13.7. The molecule has 0 spiro atoms. The second-order valence-corrected chi connectivity index (χ2v) is 8.75. The monoisotopic (exact) mass is 219 g/mol. The van der Waals surface area contributed by atoms with Crippen molar-refractivity contribution in [1.82, 2.24) is 0 Å². The second kappa shape index (κ2) is 10.8. The van der Waals surface area contributed by atoms with Gasteiger partial charge in [0.05, 0.1) is 0 Å². The summed E-state index contributed by atoms with van der Waals surface area (Å²) in [5.41, 5.74) is 0. The zero-order chi connectivity index (χ0) is 9.94. The first-order chi connectivity index (χ1) is 6.35. The van der Waals surface area contributed by atoms with E-state index in [2.05, 4.69) is 20.8 Å². The van der Waals surface area contributed by atoms with E-state index in [0.29, 0.717) is 0 Å². The van der Waals surface area contributed by atoms with Crippen molar-refractivity contribution in [3.05, 3.63) is 0 Å². The molecule has 0 rings (SSSR count). The fraction of sp³-hybridized carbons (Fsp3) is 1.00. The summed E-state index contributed by atoms with van der Waals surface area (Å²) in [7, 11) is 0. The van der Waals surface area contributed by atoms with Crippen LogP contribution in [0.3, 0.4) is 0 Å². The third-order valence-corrected chi connectivity index (χ3v) is 7.62. The van der Waals surface area contributed by atoms with Gasteiger partial charge in [-0.3, -0.25) is 0 Å². The van der Waals surface area contributed by atoms with Crippen LogP contribution >= 0.6 is 0 Å². The Morgan fingerprint density at radius 2 is 0.923 bits per heavy atom. The topological polar surface area (TPSA) is 0 Å². The zero-order valence-electron chi connectivity index (χ0n) is 9.86. The summed E-state index contributed by atoms with van der Waals surface area (Å²) in [5.74, 6) is 0. The molecular formula is C12H27Ti+. The van der Waals surface area contributed by atoms with Crippen molar-refractivity contribution in [3.8, 4) is 0 Å². The molecule has 78 valence electrons. The van der Waals surface area contributed by atoms with E-state index in [4.69, 9.17) is 0 Å². The molecule has 0 saturated heterocycles. The minimum atomic E-state index is -0.552. The molecule has 0 aliphatic heterocycles. The molecule has 0 aromatic carbocycles. The number of hydrogen-bond acceptors (Lipinski definition) is 0. The fourth-order valence-electron chi connectivity index (χ4n) is 1.66. The van der Waals surface area contributed by atoms with E-state index in [9.17, 15) is 0 Å². The van der Waals surface area contributed by atoms with Gasteiger partial charge in [0.15, 0.2) is 0 Å². The van der Waals surface area contributed by atoms with E-state index in [1.54, 1.807) is 14.2 Å². The van der Waals surface area contributed by atoms with Crippen LogP contribution in [0, 0.1) is 0 Å². The Bertz CT molecular complexity index is 72.1. The molecule has 0 radical (unpaired) electrons. The van der Waals surface area contributed by atoms with Gasteiger partial charge in [-0.2, -0.15) is 0 Å². The first-order valence-electron chi connectivity index (χ1n) is 6.18. The van der Waals surface area contributed by atoms with E-state index in [1.165, 1.54) is 38.5 Å². The maximum atomic E-state index is 2.33. The summed E-state index contributed by atoms with van der Waals surface area (Å²) < 4.78 is 4.95. The predicted octanol–water partition coefficient (Wildman–Crippen LogP) is 5.26. The summed E-state index contributed by atoms with van der Waals surface area (Å²) in [5, 5.41) is 0.